The maximum Gasteiger partial charge on any atom is 0.331 e. The number of hydrogen-bond acceptors (Lipinski definition) is 4. The van der Waals surface area contributed by atoms with Crippen molar-refractivity contribution in [1.29, 1.82) is 0 Å². The van der Waals surface area contributed by atoms with E-state index in [0.29, 0.717) is 17.9 Å². The van der Waals surface area contributed by atoms with Gasteiger partial charge in [0.1, 0.15) is 11.6 Å². The molecule has 0 saturated carbocycles. The highest BCUT2D eigenvalue weighted by Gasteiger charge is 2.09. The van der Waals surface area contributed by atoms with Crippen LogP contribution in [-0.4, -0.2) is 25.1 Å². The van der Waals surface area contributed by atoms with Crippen LogP contribution in [0.25, 0.3) is 6.08 Å². The highest BCUT2D eigenvalue weighted by molar-refractivity contribution is 6.33. The first kappa shape index (κ1) is 19.5. The average Bonchev–Trinajstić information content (AvgIpc) is 2.62. The summed E-state index contributed by atoms with van der Waals surface area (Å²) in [5.74, 6) is -1.15. The second-order valence-electron chi connectivity index (χ2n) is 5.08. The summed E-state index contributed by atoms with van der Waals surface area (Å²) in [6, 6.07) is 10.8. The molecule has 0 heterocycles. The van der Waals surface area contributed by atoms with Crippen molar-refractivity contribution >= 4 is 35.2 Å². The van der Waals surface area contributed by atoms with Crippen molar-refractivity contribution in [2.75, 3.05) is 18.5 Å². The lowest BCUT2D eigenvalue weighted by Gasteiger charge is -2.07. The molecule has 0 fully saturated rings. The van der Waals surface area contributed by atoms with Crippen molar-refractivity contribution in [3.63, 3.8) is 0 Å². The van der Waals surface area contributed by atoms with Crippen molar-refractivity contribution in [2.24, 2.45) is 0 Å². The number of carbonyl (C=O) groups is 2. The zero-order chi connectivity index (χ0) is 18.9. The summed E-state index contributed by atoms with van der Waals surface area (Å²) in [5, 5.41) is 2.49. The molecule has 1 amide bonds. The number of nitrogens with one attached hydrogen (secondary N) is 1. The Kier molecular flexibility index (Phi) is 7.17. The summed E-state index contributed by atoms with van der Waals surface area (Å²) in [5.41, 5.74) is 0.948. The summed E-state index contributed by atoms with van der Waals surface area (Å²) in [6.45, 7) is 1.87. The van der Waals surface area contributed by atoms with Crippen LogP contribution in [0.2, 0.25) is 5.02 Å². The number of rotatable bonds is 7. The van der Waals surface area contributed by atoms with Gasteiger partial charge in [-0.2, -0.15) is 0 Å². The van der Waals surface area contributed by atoms with E-state index < -0.39 is 24.3 Å². The van der Waals surface area contributed by atoms with E-state index in [-0.39, 0.29) is 10.7 Å². The Morgan fingerprint density at radius 2 is 2.00 bits per heavy atom. The minimum absolute atomic E-state index is 0.0529. The Balaban J connectivity index is 1.87. The number of benzene rings is 2. The minimum Gasteiger partial charge on any atom is -0.493 e. The number of anilines is 1. The fraction of sp³-hybridized carbons (Fsp3) is 0.158. The first-order chi connectivity index (χ1) is 12.5. The van der Waals surface area contributed by atoms with Crippen LogP contribution >= 0.6 is 11.6 Å². The van der Waals surface area contributed by atoms with E-state index in [1.54, 1.807) is 18.2 Å². The van der Waals surface area contributed by atoms with Crippen molar-refractivity contribution in [2.45, 2.75) is 6.92 Å². The molecule has 5 nitrogen and oxygen atoms in total. The maximum atomic E-state index is 13.0. The van der Waals surface area contributed by atoms with Gasteiger partial charge in [-0.3, -0.25) is 4.79 Å². The second-order valence-corrected chi connectivity index (χ2v) is 5.49. The predicted molar refractivity (Wildman–Crippen MR) is 97.6 cm³/mol. The second kappa shape index (κ2) is 9.58. The van der Waals surface area contributed by atoms with Gasteiger partial charge in [-0.1, -0.05) is 29.8 Å². The van der Waals surface area contributed by atoms with Gasteiger partial charge in [-0.05, 0) is 37.3 Å². The number of halogens is 2. The van der Waals surface area contributed by atoms with Gasteiger partial charge in [0.05, 0.1) is 17.3 Å². The molecule has 2 aromatic carbocycles. The summed E-state index contributed by atoms with van der Waals surface area (Å²) >= 11 is 5.81. The quantitative estimate of drug-likeness (QED) is 0.583. The van der Waals surface area contributed by atoms with E-state index in [9.17, 15) is 14.0 Å². The fourth-order valence-electron chi connectivity index (χ4n) is 2.02. The van der Waals surface area contributed by atoms with E-state index in [1.165, 1.54) is 12.1 Å². The maximum absolute atomic E-state index is 13.0. The van der Waals surface area contributed by atoms with Gasteiger partial charge in [0, 0.05) is 11.6 Å². The molecule has 0 spiro atoms. The molecule has 136 valence electrons. The normalized spacial score (nSPS) is 10.6. The number of carbonyl (C=O) groups excluding carboxylic acids is 2. The van der Waals surface area contributed by atoms with E-state index in [1.807, 2.05) is 19.1 Å². The van der Waals surface area contributed by atoms with Crippen LogP contribution in [0.4, 0.5) is 10.1 Å². The zero-order valence-electron chi connectivity index (χ0n) is 14.0. The van der Waals surface area contributed by atoms with E-state index in [2.05, 4.69) is 5.32 Å². The number of hydrogen-bond donors (Lipinski definition) is 1. The molecule has 26 heavy (non-hydrogen) atoms. The highest BCUT2D eigenvalue weighted by atomic mass is 35.5. The Morgan fingerprint density at radius 1 is 1.23 bits per heavy atom. The van der Waals surface area contributed by atoms with Gasteiger partial charge >= 0.3 is 5.97 Å². The SMILES string of the molecule is CCOc1ccccc1/C=C/C(=O)OCC(=O)Nc1ccc(F)cc1Cl. The van der Waals surface area contributed by atoms with E-state index in [4.69, 9.17) is 21.1 Å². The summed E-state index contributed by atoms with van der Waals surface area (Å²) in [4.78, 5) is 23.5. The van der Waals surface area contributed by atoms with Crippen LogP contribution in [-0.2, 0) is 14.3 Å². The van der Waals surface area contributed by atoms with Gasteiger partial charge in [-0.15, -0.1) is 0 Å². The Hall–Kier alpha value is -2.86. The highest BCUT2D eigenvalue weighted by Crippen LogP contribution is 2.22. The van der Waals surface area contributed by atoms with Crippen molar-refractivity contribution < 1.29 is 23.5 Å². The van der Waals surface area contributed by atoms with Crippen LogP contribution in [0, 0.1) is 5.82 Å². The lowest BCUT2D eigenvalue weighted by atomic mass is 10.2. The molecular formula is C19H17ClFNO4. The number of esters is 1. The van der Waals surface area contributed by atoms with Crippen molar-refractivity contribution in [3.05, 3.63) is 64.9 Å². The topological polar surface area (TPSA) is 64.6 Å². The molecule has 0 aliphatic rings. The van der Waals surface area contributed by atoms with Crippen molar-refractivity contribution in [3.8, 4) is 5.75 Å². The van der Waals surface area contributed by atoms with Crippen LogP contribution in [0.1, 0.15) is 12.5 Å². The summed E-state index contributed by atoms with van der Waals surface area (Å²) in [7, 11) is 0. The van der Waals surface area contributed by atoms with Crippen LogP contribution in [0.3, 0.4) is 0 Å². The zero-order valence-corrected chi connectivity index (χ0v) is 14.8. The Morgan fingerprint density at radius 3 is 2.73 bits per heavy atom. The third kappa shape index (κ3) is 5.89. The molecule has 7 heteroatoms. The summed E-state index contributed by atoms with van der Waals surface area (Å²) in [6.07, 6.45) is 2.75. The lowest BCUT2D eigenvalue weighted by molar-refractivity contribution is -0.142. The first-order valence-electron chi connectivity index (χ1n) is 7.81. The van der Waals surface area contributed by atoms with Gasteiger partial charge in [-0.25, -0.2) is 9.18 Å². The monoisotopic (exact) mass is 377 g/mol. The largest absolute Gasteiger partial charge is 0.493 e. The first-order valence-corrected chi connectivity index (χ1v) is 8.19. The molecule has 0 aliphatic carbocycles. The van der Waals surface area contributed by atoms with Gasteiger partial charge in [0.15, 0.2) is 6.61 Å². The number of amides is 1. The molecule has 0 atom stereocenters. The molecule has 0 radical (unpaired) electrons. The smallest absolute Gasteiger partial charge is 0.331 e. The van der Waals surface area contributed by atoms with Gasteiger partial charge < -0.3 is 14.8 Å². The molecule has 0 aromatic heterocycles. The average molecular weight is 378 g/mol. The predicted octanol–water partition coefficient (Wildman–Crippen LogP) is 4.07. The van der Waals surface area contributed by atoms with E-state index >= 15 is 0 Å². The van der Waals surface area contributed by atoms with Crippen LogP contribution in [0.15, 0.2) is 48.5 Å². The molecule has 0 saturated heterocycles. The Bertz CT molecular complexity index is 823. The van der Waals surface area contributed by atoms with Crippen LogP contribution in [0.5, 0.6) is 5.75 Å². The molecule has 2 rings (SSSR count). The third-order valence-corrected chi connectivity index (χ3v) is 3.48. The molecule has 2 aromatic rings. The molecular weight excluding hydrogens is 361 g/mol. The van der Waals surface area contributed by atoms with Crippen molar-refractivity contribution in [1.82, 2.24) is 0 Å². The van der Waals surface area contributed by atoms with Gasteiger partial charge in [0.25, 0.3) is 5.91 Å². The third-order valence-electron chi connectivity index (χ3n) is 3.17. The number of ether oxygens (including phenoxy) is 2. The van der Waals surface area contributed by atoms with E-state index in [0.717, 1.165) is 12.1 Å². The summed E-state index contributed by atoms with van der Waals surface area (Å²) < 4.78 is 23.3. The molecule has 0 aliphatic heterocycles. The van der Waals surface area contributed by atoms with Crippen LogP contribution < -0.4 is 10.1 Å². The minimum atomic E-state index is -0.684. The molecule has 1 N–H and O–H groups in total. The standard InChI is InChI=1S/C19H17ClFNO4/c1-2-25-17-6-4-3-5-13(17)7-10-19(24)26-12-18(23)22-16-9-8-14(21)11-15(16)20/h3-11H,2,12H2,1H3,(H,22,23)/b10-7+. The molecule has 0 unspecified atom stereocenters. The Labute approximate surface area is 155 Å². The number of para-hydroxylation sites is 1. The fourth-order valence-corrected chi connectivity index (χ4v) is 2.24. The lowest BCUT2D eigenvalue weighted by Crippen LogP contribution is -2.20. The molecule has 0 bridgehead atoms. The van der Waals surface area contributed by atoms with Gasteiger partial charge in [0.2, 0.25) is 0 Å².